The number of halogens is 1. The fourth-order valence-corrected chi connectivity index (χ4v) is 3.52. The average molecular weight is 471 g/mol. The molecule has 2 heterocycles. The summed E-state index contributed by atoms with van der Waals surface area (Å²) in [5.41, 5.74) is 0.559. The number of aliphatic hydroxyl groups is 1. The number of pyridine rings is 2. The molecule has 0 aliphatic rings. The number of amides is 2. The Morgan fingerprint density at radius 2 is 1.85 bits per heavy atom. The Balaban J connectivity index is 1.94. The SMILES string of the molecule is CC(=O)N(C)CCN(C(=O)c1c(O)c2ncc(Cc3ccc(F)cc3)cc2[nH]c1=O)C(C)CO. The van der Waals surface area contributed by atoms with E-state index in [0.29, 0.717) is 6.42 Å². The molecule has 0 aliphatic carbocycles. The van der Waals surface area contributed by atoms with Crippen LogP contribution in [0, 0.1) is 5.82 Å². The van der Waals surface area contributed by atoms with Crippen LogP contribution in [0.4, 0.5) is 4.39 Å². The molecule has 3 N–H and O–H groups in total. The van der Waals surface area contributed by atoms with Crippen molar-refractivity contribution in [2.75, 3.05) is 26.7 Å². The fraction of sp³-hybridized carbons (Fsp3) is 0.333. The number of aromatic nitrogens is 2. The maximum absolute atomic E-state index is 13.2. The van der Waals surface area contributed by atoms with Crippen LogP contribution < -0.4 is 5.56 Å². The summed E-state index contributed by atoms with van der Waals surface area (Å²) in [6.07, 6.45) is 1.94. The van der Waals surface area contributed by atoms with Gasteiger partial charge in [-0.05, 0) is 42.7 Å². The van der Waals surface area contributed by atoms with Gasteiger partial charge in [-0.1, -0.05) is 12.1 Å². The molecule has 180 valence electrons. The van der Waals surface area contributed by atoms with E-state index in [4.69, 9.17) is 0 Å². The fourth-order valence-electron chi connectivity index (χ4n) is 3.52. The van der Waals surface area contributed by atoms with Crippen LogP contribution in [0.5, 0.6) is 5.75 Å². The summed E-state index contributed by atoms with van der Waals surface area (Å²) in [7, 11) is 1.57. The van der Waals surface area contributed by atoms with Gasteiger partial charge in [0.2, 0.25) is 5.91 Å². The molecule has 1 atom stereocenters. The van der Waals surface area contributed by atoms with E-state index in [1.807, 2.05) is 0 Å². The van der Waals surface area contributed by atoms with Gasteiger partial charge in [-0.25, -0.2) is 4.39 Å². The monoisotopic (exact) mass is 470 g/mol. The molecule has 2 amide bonds. The third-order valence-corrected chi connectivity index (χ3v) is 5.69. The highest BCUT2D eigenvalue weighted by molar-refractivity contribution is 6.01. The number of fused-ring (bicyclic) bond motifs is 1. The van der Waals surface area contributed by atoms with Crippen LogP contribution in [0.2, 0.25) is 0 Å². The Hall–Kier alpha value is -3.79. The Labute approximate surface area is 195 Å². The molecule has 3 aromatic rings. The molecule has 34 heavy (non-hydrogen) atoms. The second-order valence-electron chi connectivity index (χ2n) is 8.19. The van der Waals surface area contributed by atoms with Crippen molar-refractivity contribution in [2.45, 2.75) is 26.3 Å². The predicted octanol–water partition coefficient (Wildman–Crippen LogP) is 1.66. The summed E-state index contributed by atoms with van der Waals surface area (Å²) in [4.78, 5) is 47.0. The Bertz CT molecular complexity index is 1260. The lowest BCUT2D eigenvalue weighted by Crippen LogP contribution is -2.46. The Morgan fingerprint density at radius 3 is 2.47 bits per heavy atom. The smallest absolute Gasteiger partial charge is 0.265 e. The zero-order chi connectivity index (χ0) is 25.0. The van der Waals surface area contributed by atoms with Crippen LogP contribution in [0.3, 0.4) is 0 Å². The van der Waals surface area contributed by atoms with Crippen molar-refractivity contribution in [1.82, 2.24) is 19.8 Å². The van der Waals surface area contributed by atoms with Crippen molar-refractivity contribution in [3.63, 3.8) is 0 Å². The van der Waals surface area contributed by atoms with Crippen LogP contribution in [-0.2, 0) is 11.2 Å². The van der Waals surface area contributed by atoms with Crippen molar-refractivity contribution >= 4 is 22.8 Å². The van der Waals surface area contributed by atoms with E-state index in [-0.39, 0.29) is 42.5 Å². The maximum atomic E-state index is 13.2. The van der Waals surface area contributed by atoms with Gasteiger partial charge in [0.25, 0.3) is 11.5 Å². The standard InChI is InChI=1S/C24H27FN4O5/c1-14(13-30)29(9-8-28(3)15(2)31)24(34)20-22(32)21-19(27-23(20)33)11-17(12-26-21)10-16-4-6-18(25)7-5-16/h4-7,11-12,14,30H,8-10,13H2,1-3H3,(H2,27,32,33). The summed E-state index contributed by atoms with van der Waals surface area (Å²) < 4.78 is 13.1. The highest BCUT2D eigenvalue weighted by Crippen LogP contribution is 2.25. The quantitative estimate of drug-likeness (QED) is 0.460. The number of aromatic amines is 1. The van der Waals surface area contributed by atoms with Crippen LogP contribution in [0.1, 0.15) is 35.3 Å². The second kappa shape index (κ2) is 10.4. The van der Waals surface area contributed by atoms with Gasteiger partial charge in [-0.15, -0.1) is 0 Å². The summed E-state index contributed by atoms with van der Waals surface area (Å²) in [6, 6.07) is 6.96. The first-order valence-corrected chi connectivity index (χ1v) is 10.7. The van der Waals surface area contributed by atoms with Gasteiger partial charge in [0.05, 0.1) is 18.2 Å². The van der Waals surface area contributed by atoms with Gasteiger partial charge in [0.15, 0.2) is 5.75 Å². The average Bonchev–Trinajstić information content (AvgIpc) is 2.80. The third kappa shape index (κ3) is 5.40. The normalized spacial score (nSPS) is 11.9. The minimum absolute atomic E-state index is 0.0447. The number of likely N-dealkylation sites (N-methyl/N-ethyl adjacent to an activating group) is 1. The molecule has 1 unspecified atom stereocenters. The second-order valence-corrected chi connectivity index (χ2v) is 8.19. The lowest BCUT2D eigenvalue weighted by atomic mass is 10.1. The number of hydrogen-bond donors (Lipinski definition) is 3. The minimum Gasteiger partial charge on any atom is -0.505 e. The molecule has 0 fully saturated rings. The number of rotatable bonds is 8. The molecule has 3 rings (SSSR count). The van der Waals surface area contributed by atoms with Crippen molar-refractivity contribution in [3.8, 4) is 5.75 Å². The zero-order valence-corrected chi connectivity index (χ0v) is 19.2. The van der Waals surface area contributed by atoms with E-state index in [9.17, 15) is 29.0 Å². The van der Waals surface area contributed by atoms with Crippen molar-refractivity contribution < 1.29 is 24.2 Å². The summed E-state index contributed by atoms with van der Waals surface area (Å²) in [6.45, 7) is 2.85. The minimum atomic E-state index is -0.800. The number of aromatic hydroxyl groups is 1. The maximum Gasteiger partial charge on any atom is 0.265 e. The molecular formula is C24H27FN4O5. The number of carbonyl (C=O) groups excluding carboxylic acids is 2. The molecule has 2 aromatic heterocycles. The molecular weight excluding hydrogens is 443 g/mol. The first-order chi connectivity index (χ1) is 16.1. The number of nitrogens with one attached hydrogen (secondary N) is 1. The van der Waals surface area contributed by atoms with Gasteiger partial charge in [0, 0.05) is 33.3 Å². The van der Waals surface area contributed by atoms with Crippen LogP contribution in [0.25, 0.3) is 11.0 Å². The van der Waals surface area contributed by atoms with E-state index >= 15 is 0 Å². The molecule has 0 bridgehead atoms. The number of benzene rings is 1. The molecule has 0 spiro atoms. The molecule has 0 radical (unpaired) electrons. The summed E-state index contributed by atoms with van der Waals surface area (Å²) >= 11 is 0. The Kier molecular flexibility index (Phi) is 7.62. The zero-order valence-electron chi connectivity index (χ0n) is 19.2. The number of hydrogen-bond acceptors (Lipinski definition) is 6. The van der Waals surface area contributed by atoms with E-state index in [1.54, 1.807) is 32.2 Å². The molecule has 0 aliphatic heterocycles. The van der Waals surface area contributed by atoms with E-state index in [1.165, 1.54) is 35.1 Å². The van der Waals surface area contributed by atoms with E-state index in [2.05, 4.69) is 9.97 Å². The molecule has 0 saturated heterocycles. The van der Waals surface area contributed by atoms with Crippen molar-refractivity contribution in [2.24, 2.45) is 0 Å². The van der Waals surface area contributed by atoms with Gasteiger partial charge in [0.1, 0.15) is 16.9 Å². The predicted molar refractivity (Wildman–Crippen MR) is 124 cm³/mol. The highest BCUT2D eigenvalue weighted by atomic mass is 19.1. The van der Waals surface area contributed by atoms with Gasteiger partial charge < -0.3 is 25.0 Å². The topological polar surface area (TPSA) is 127 Å². The van der Waals surface area contributed by atoms with Crippen LogP contribution in [0.15, 0.2) is 41.3 Å². The summed E-state index contributed by atoms with van der Waals surface area (Å²) in [5.74, 6) is -1.89. The number of nitrogens with zero attached hydrogens (tertiary/aromatic N) is 3. The van der Waals surface area contributed by atoms with E-state index < -0.39 is 28.8 Å². The molecule has 9 nitrogen and oxygen atoms in total. The largest absolute Gasteiger partial charge is 0.505 e. The van der Waals surface area contributed by atoms with Crippen LogP contribution >= 0.6 is 0 Å². The third-order valence-electron chi connectivity index (χ3n) is 5.69. The van der Waals surface area contributed by atoms with Crippen molar-refractivity contribution in [3.05, 3.63) is 69.4 Å². The number of aliphatic hydroxyl groups excluding tert-OH is 1. The van der Waals surface area contributed by atoms with Crippen LogP contribution in [-0.4, -0.2) is 74.6 Å². The number of H-pyrrole nitrogens is 1. The van der Waals surface area contributed by atoms with E-state index in [0.717, 1.165) is 11.1 Å². The number of carbonyl (C=O) groups is 2. The highest BCUT2D eigenvalue weighted by Gasteiger charge is 2.28. The molecule has 10 heteroatoms. The molecule has 1 aromatic carbocycles. The van der Waals surface area contributed by atoms with Crippen molar-refractivity contribution in [1.29, 1.82) is 0 Å². The van der Waals surface area contributed by atoms with Gasteiger partial charge in [-0.3, -0.25) is 19.4 Å². The lowest BCUT2D eigenvalue weighted by Gasteiger charge is -2.30. The first-order valence-electron chi connectivity index (χ1n) is 10.7. The van der Waals surface area contributed by atoms with Gasteiger partial charge >= 0.3 is 0 Å². The Morgan fingerprint density at radius 1 is 1.18 bits per heavy atom. The lowest BCUT2D eigenvalue weighted by molar-refractivity contribution is -0.127. The summed E-state index contributed by atoms with van der Waals surface area (Å²) in [5, 5.41) is 20.4. The first kappa shape index (κ1) is 24.8. The molecule has 0 saturated carbocycles. The van der Waals surface area contributed by atoms with Gasteiger partial charge in [-0.2, -0.15) is 0 Å².